The van der Waals surface area contributed by atoms with E-state index in [4.69, 9.17) is 8.42 Å². The molecule has 1 aromatic rings. The molecule has 0 saturated heterocycles. The van der Waals surface area contributed by atoms with Gasteiger partial charge in [0.25, 0.3) is 0 Å². The third kappa shape index (κ3) is 15.5. The van der Waals surface area contributed by atoms with E-state index in [0.717, 1.165) is 0 Å². The first-order valence-electron chi connectivity index (χ1n) is 4.61. The highest BCUT2D eigenvalue weighted by Gasteiger charge is 1.94. The lowest BCUT2D eigenvalue weighted by Crippen LogP contribution is -1.81. The second kappa shape index (κ2) is 9.23. The van der Waals surface area contributed by atoms with E-state index < -0.39 is 10.6 Å². The average Bonchev–Trinajstić information content (AvgIpc) is 2.14. The molecule has 94 valence electrons. The maximum absolute atomic E-state index is 9.99. The zero-order valence-corrected chi connectivity index (χ0v) is 10.0. The molecule has 0 saturated carbocycles. The Morgan fingerprint density at radius 3 is 1.94 bits per heavy atom. The zero-order chi connectivity index (χ0) is 11.7. The van der Waals surface area contributed by atoms with Gasteiger partial charge in [-0.05, 0) is 18.4 Å². The largest absolute Gasteiger partial charge is 0.476 e. The molecule has 16 heavy (non-hydrogen) atoms. The van der Waals surface area contributed by atoms with Crippen LogP contribution < -0.4 is 6.15 Å². The SMILES string of the molecule is CCCCc1ccccc1.N.O=S(=O)(F)F. The second-order valence-corrected chi connectivity index (χ2v) is 3.72. The molecule has 3 nitrogen and oxygen atoms in total. The normalized spacial score (nSPS) is 9.69. The second-order valence-electron chi connectivity index (χ2n) is 2.97. The van der Waals surface area contributed by atoms with E-state index in [2.05, 4.69) is 37.3 Å². The monoisotopic (exact) mass is 253 g/mol. The van der Waals surface area contributed by atoms with Crippen LogP contribution in [0.5, 0.6) is 0 Å². The minimum absolute atomic E-state index is 0. The Bertz CT molecular complexity index is 346. The van der Waals surface area contributed by atoms with Crippen molar-refractivity contribution in [3.05, 3.63) is 35.9 Å². The minimum atomic E-state index is -5.67. The summed E-state index contributed by atoms with van der Waals surface area (Å²) >= 11 is 0. The summed E-state index contributed by atoms with van der Waals surface area (Å²) < 4.78 is 36.6. The van der Waals surface area contributed by atoms with Gasteiger partial charge in [0, 0.05) is 0 Å². The molecule has 0 amide bonds. The summed E-state index contributed by atoms with van der Waals surface area (Å²) in [5, 5.41) is 0. The maximum atomic E-state index is 9.99. The fourth-order valence-corrected chi connectivity index (χ4v) is 1.03. The van der Waals surface area contributed by atoms with Crippen LogP contribution in [0.25, 0.3) is 0 Å². The molecule has 0 atom stereocenters. The lowest BCUT2D eigenvalue weighted by Gasteiger charge is -1.96. The lowest BCUT2D eigenvalue weighted by atomic mass is 10.1. The molecule has 0 radical (unpaired) electrons. The van der Waals surface area contributed by atoms with Crippen LogP contribution in [0.2, 0.25) is 0 Å². The maximum Gasteiger partial charge on any atom is 0.476 e. The van der Waals surface area contributed by atoms with Gasteiger partial charge in [-0.1, -0.05) is 51.4 Å². The Hall–Kier alpha value is -1.01. The molecule has 0 aromatic heterocycles. The van der Waals surface area contributed by atoms with E-state index in [9.17, 15) is 7.77 Å². The molecule has 0 heterocycles. The number of unbranched alkanes of at least 4 members (excludes halogenated alkanes) is 1. The summed E-state index contributed by atoms with van der Waals surface area (Å²) in [6.07, 6.45) is 3.83. The topological polar surface area (TPSA) is 69.1 Å². The van der Waals surface area contributed by atoms with Crippen molar-refractivity contribution in [3.8, 4) is 0 Å². The van der Waals surface area contributed by atoms with Crippen LogP contribution >= 0.6 is 0 Å². The van der Waals surface area contributed by atoms with Crippen LogP contribution in [-0.4, -0.2) is 8.42 Å². The molecule has 0 fully saturated rings. The van der Waals surface area contributed by atoms with Gasteiger partial charge in [0.1, 0.15) is 0 Å². The van der Waals surface area contributed by atoms with E-state index in [0.29, 0.717) is 0 Å². The lowest BCUT2D eigenvalue weighted by molar-refractivity contribution is 0.501. The van der Waals surface area contributed by atoms with Gasteiger partial charge in [-0.15, -0.1) is 0 Å². The van der Waals surface area contributed by atoms with Crippen LogP contribution in [0.1, 0.15) is 25.3 Å². The minimum Gasteiger partial charge on any atom is -0.344 e. The fraction of sp³-hybridized carbons (Fsp3) is 0.400. The fourth-order valence-electron chi connectivity index (χ4n) is 1.03. The van der Waals surface area contributed by atoms with Gasteiger partial charge in [0.15, 0.2) is 0 Å². The van der Waals surface area contributed by atoms with E-state index in [1.807, 2.05) is 0 Å². The number of benzene rings is 1. The number of hydrogen-bond donors (Lipinski definition) is 1. The predicted octanol–water partition coefficient (Wildman–Crippen LogP) is 3.36. The molecule has 0 spiro atoms. The number of aryl methyl sites for hydroxylation is 1. The number of hydrogen-bond acceptors (Lipinski definition) is 3. The Balaban J connectivity index is 0. The first-order valence-corrected chi connectivity index (χ1v) is 5.90. The molecule has 1 rings (SSSR count). The molecular formula is C10H17F2NO2S. The van der Waals surface area contributed by atoms with Crippen molar-refractivity contribution in [2.45, 2.75) is 26.2 Å². The van der Waals surface area contributed by atoms with Crippen molar-refractivity contribution in [1.29, 1.82) is 0 Å². The molecule has 6 heteroatoms. The molecule has 0 aliphatic rings. The summed E-state index contributed by atoms with van der Waals surface area (Å²) in [5.74, 6) is 0. The number of rotatable bonds is 3. The Kier molecular flexibility index (Phi) is 10.0. The molecule has 3 N–H and O–H groups in total. The number of halogens is 2. The van der Waals surface area contributed by atoms with Gasteiger partial charge in [-0.3, -0.25) is 0 Å². The van der Waals surface area contributed by atoms with Gasteiger partial charge >= 0.3 is 10.6 Å². The van der Waals surface area contributed by atoms with Crippen LogP contribution in [0.4, 0.5) is 7.77 Å². The zero-order valence-electron chi connectivity index (χ0n) is 9.20. The first kappa shape index (κ1) is 17.4. The van der Waals surface area contributed by atoms with Crippen molar-refractivity contribution < 1.29 is 16.2 Å². The van der Waals surface area contributed by atoms with Gasteiger partial charge in [0.05, 0.1) is 0 Å². The van der Waals surface area contributed by atoms with E-state index in [1.165, 1.54) is 24.8 Å². The van der Waals surface area contributed by atoms with Gasteiger partial charge in [-0.2, -0.15) is 8.42 Å². The summed E-state index contributed by atoms with van der Waals surface area (Å²) in [5.41, 5.74) is 1.46. The van der Waals surface area contributed by atoms with Crippen molar-refractivity contribution >= 4 is 10.6 Å². The molecule has 1 aromatic carbocycles. The molecule has 0 aliphatic carbocycles. The highest BCUT2D eigenvalue weighted by molar-refractivity contribution is 7.81. The van der Waals surface area contributed by atoms with Crippen molar-refractivity contribution in [3.63, 3.8) is 0 Å². The summed E-state index contributed by atoms with van der Waals surface area (Å²) in [4.78, 5) is 0. The van der Waals surface area contributed by atoms with Crippen molar-refractivity contribution in [2.24, 2.45) is 0 Å². The van der Waals surface area contributed by atoms with Gasteiger partial charge in [0.2, 0.25) is 0 Å². The molecule has 0 unspecified atom stereocenters. The average molecular weight is 253 g/mol. The molecule has 0 bridgehead atoms. The third-order valence-electron chi connectivity index (χ3n) is 1.66. The quantitative estimate of drug-likeness (QED) is 0.840. The first-order chi connectivity index (χ1) is 6.93. The summed E-state index contributed by atoms with van der Waals surface area (Å²) in [6.45, 7) is 2.23. The van der Waals surface area contributed by atoms with Gasteiger partial charge in [-0.25, -0.2) is 0 Å². The Morgan fingerprint density at radius 1 is 1.12 bits per heavy atom. The smallest absolute Gasteiger partial charge is 0.344 e. The molecular weight excluding hydrogens is 236 g/mol. The van der Waals surface area contributed by atoms with Gasteiger partial charge < -0.3 is 6.15 Å². The van der Waals surface area contributed by atoms with Crippen molar-refractivity contribution in [1.82, 2.24) is 6.15 Å². The van der Waals surface area contributed by atoms with E-state index in [-0.39, 0.29) is 6.15 Å². The Morgan fingerprint density at radius 2 is 1.56 bits per heavy atom. The standard InChI is InChI=1S/C10H14.F2O2S.H3N/c1-2-3-7-10-8-5-4-6-9-10;1-5(2,3)4;/h4-6,8-9H,2-3,7H2,1H3;;1H3. The van der Waals surface area contributed by atoms with Crippen LogP contribution in [0.3, 0.4) is 0 Å². The van der Waals surface area contributed by atoms with Crippen LogP contribution in [0, 0.1) is 0 Å². The highest BCUT2D eigenvalue weighted by Crippen LogP contribution is 2.03. The third-order valence-corrected chi connectivity index (χ3v) is 1.66. The van der Waals surface area contributed by atoms with Crippen LogP contribution in [-0.2, 0) is 17.0 Å². The summed E-state index contributed by atoms with van der Waals surface area (Å²) in [6, 6.07) is 10.6. The van der Waals surface area contributed by atoms with Crippen molar-refractivity contribution in [2.75, 3.05) is 0 Å². The van der Waals surface area contributed by atoms with E-state index >= 15 is 0 Å². The van der Waals surface area contributed by atoms with E-state index in [1.54, 1.807) is 0 Å². The van der Waals surface area contributed by atoms with Crippen LogP contribution in [0.15, 0.2) is 30.3 Å². The predicted molar refractivity (Wildman–Crippen MR) is 61.2 cm³/mol. The molecule has 0 aliphatic heterocycles. The summed E-state index contributed by atoms with van der Waals surface area (Å²) in [7, 11) is -5.67. The Labute approximate surface area is 95.6 Å². The highest BCUT2D eigenvalue weighted by atomic mass is 32.3.